The van der Waals surface area contributed by atoms with Gasteiger partial charge in [-0.1, -0.05) is 31.9 Å². The van der Waals surface area contributed by atoms with Crippen molar-refractivity contribution in [1.82, 2.24) is 0 Å². The number of rotatable bonds is 6. The van der Waals surface area contributed by atoms with Crippen molar-refractivity contribution < 1.29 is 0 Å². The molecule has 0 fully saturated rings. The van der Waals surface area contributed by atoms with Crippen LogP contribution in [0, 0.1) is 6.92 Å². The Kier molecular flexibility index (Phi) is 9.17. The Balaban J connectivity index is 2.88. The van der Waals surface area contributed by atoms with E-state index in [4.69, 9.17) is 0 Å². The summed E-state index contributed by atoms with van der Waals surface area (Å²) < 4.78 is 0. The molecule has 0 rings (SSSR count). The molecular formula is C9H17S. The van der Waals surface area contributed by atoms with Gasteiger partial charge in [-0.05, 0) is 19.1 Å². The minimum absolute atomic E-state index is 1.08. The van der Waals surface area contributed by atoms with E-state index >= 15 is 0 Å². The van der Waals surface area contributed by atoms with Crippen molar-refractivity contribution in [1.29, 1.82) is 0 Å². The fourth-order valence-electron chi connectivity index (χ4n) is 0.721. The quantitative estimate of drug-likeness (QED) is 0.421. The first kappa shape index (κ1) is 10.1. The highest BCUT2D eigenvalue weighted by atomic mass is 32.2. The van der Waals surface area contributed by atoms with Crippen molar-refractivity contribution in [3.8, 4) is 0 Å². The second-order valence-corrected chi connectivity index (χ2v) is 3.19. The molecule has 0 aliphatic carbocycles. The van der Waals surface area contributed by atoms with Gasteiger partial charge in [0.1, 0.15) is 0 Å². The lowest BCUT2D eigenvalue weighted by atomic mass is 10.2. The highest BCUT2D eigenvalue weighted by molar-refractivity contribution is 7.98. The molecule has 10 heavy (non-hydrogen) atoms. The van der Waals surface area contributed by atoms with Crippen LogP contribution in [0.3, 0.4) is 0 Å². The smallest absolute Gasteiger partial charge is 0.0110 e. The average molecular weight is 157 g/mol. The second-order valence-electron chi connectivity index (χ2n) is 2.28. The lowest BCUT2D eigenvalue weighted by molar-refractivity contribution is 0.760. The van der Waals surface area contributed by atoms with E-state index in [-0.39, 0.29) is 0 Å². The third-order valence-electron chi connectivity index (χ3n) is 1.30. The Morgan fingerprint density at radius 1 is 1.30 bits per heavy atom. The average Bonchev–Trinajstić information content (AvgIpc) is 1.97. The predicted octanol–water partition coefficient (Wildman–Crippen LogP) is 3.30. The maximum absolute atomic E-state index is 3.79. The molecule has 0 spiro atoms. The highest BCUT2D eigenvalue weighted by Crippen LogP contribution is 2.00. The Labute approximate surface area is 69.1 Å². The number of allylic oxidation sites excluding steroid dienone is 1. The molecule has 0 saturated heterocycles. The van der Waals surface area contributed by atoms with Gasteiger partial charge in [-0.3, -0.25) is 0 Å². The van der Waals surface area contributed by atoms with Gasteiger partial charge in [0.05, 0.1) is 0 Å². The molecule has 0 amide bonds. The lowest BCUT2D eigenvalue weighted by Crippen LogP contribution is -1.72. The van der Waals surface area contributed by atoms with E-state index in [1.165, 1.54) is 19.3 Å². The first-order valence-electron chi connectivity index (χ1n) is 3.85. The molecule has 0 heterocycles. The lowest BCUT2D eigenvalue weighted by Gasteiger charge is -1.90. The van der Waals surface area contributed by atoms with E-state index in [0.29, 0.717) is 0 Å². The first-order chi connectivity index (χ1) is 4.91. The molecule has 0 atom stereocenters. The van der Waals surface area contributed by atoms with Gasteiger partial charge in [-0.25, -0.2) is 0 Å². The summed E-state index contributed by atoms with van der Waals surface area (Å²) in [5.41, 5.74) is 0. The monoisotopic (exact) mass is 157 g/mol. The van der Waals surface area contributed by atoms with E-state index in [2.05, 4.69) is 25.3 Å². The van der Waals surface area contributed by atoms with E-state index < -0.39 is 0 Å². The van der Waals surface area contributed by atoms with Gasteiger partial charge >= 0.3 is 0 Å². The fraction of sp³-hybridized carbons (Fsp3) is 0.667. The van der Waals surface area contributed by atoms with Gasteiger partial charge in [0.15, 0.2) is 0 Å². The van der Waals surface area contributed by atoms with Crippen molar-refractivity contribution >= 4 is 11.8 Å². The van der Waals surface area contributed by atoms with Crippen LogP contribution in [-0.2, 0) is 0 Å². The molecule has 0 unspecified atom stereocenters. The van der Waals surface area contributed by atoms with Crippen LogP contribution >= 0.6 is 11.8 Å². The molecule has 0 aliphatic rings. The molecule has 0 nitrogen and oxygen atoms in total. The van der Waals surface area contributed by atoms with Crippen molar-refractivity contribution in [3.05, 3.63) is 19.1 Å². The molecule has 59 valence electrons. The van der Waals surface area contributed by atoms with Crippen LogP contribution in [0.1, 0.15) is 25.7 Å². The third-order valence-corrected chi connectivity index (χ3v) is 1.83. The first-order valence-corrected chi connectivity index (χ1v) is 5.24. The number of hydrogen-bond acceptors (Lipinski definition) is 1. The van der Waals surface area contributed by atoms with Crippen LogP contribution in [0.25, 0.3) is 0 Å². The van der Waals surface area contributed by atoms with Gasteiger partial charge in [-0.15, -0.1) is 0 Å². The minimum Gasteiger partial charge on any atom is -0.161 e. The summed E-state index contributed by atoms with van der Waals surface area (Å²) in [5.74, 6) is 1.16. The zero-order valence-electron chi connectivity index (χ0n) is 6.81. The van der Waals surface area contributed by atoms with Crippen LogP contribution in [0.5, 0.6) is 0 Å². The molecule has 0 saturated carbocycles. The van der Waals surface area contributed by atoms with E-state index in [1.807, 2.05) is 11.8 Å². The van der Waals surface area contributed by atoms with Crippen LogP contribution in [0.15, 0.2) is 12.2 Å². The molecule has 0 aromatic rings. The van der Waals surface area contributed by atoms with Gasteiger partial charge < -0.3 is 0 Å². The van der Waals surface area contributed by atoms with Crippen molar-refractivity contribution in [2.45, 2.75) is 25.7 Å². The summed E-state index contributed by atoms with van der Waals surface area (Å²) in [6, 6.07) is 0. The summed E-state index contributed by atoms with van der Waals surface area (Å²) in [4.78, 5) is 0. The highest BCUT2D eigenvalue weighted by Gasteiger charge is 1.80. The van der Waals surface area contributed by atoms with Crippen molar-refractivity contribution in [2.24, 2.45) is 0 Å². The summed E-state index contributed by atoms with van der Waals surface area (Å²) in [6.45, 7) is 3.79. The standard InChI is InChI=1S/C9H17S/c1-3-4-5-6-7-8-9-10-2/h7-8H,1,3-6,9H2,2H3. The topological polar surface area (TPSA) is 0 Å². The van der Waals surface area contributed by atoms with Gasteiger partial charge in [0, 0.05) is 5.75 Å². The number of unbranched alkanes of at least 4 members (excludes halogenated alkanes) is 3. The third kappa shape index (κ3) is 8.09. The maximum atomic E-state index is 3.79. The molecule has 0 N–H and O–H groups in total. The van der Waals surface area contributed by atoms with Gasteiger partial charge in [-0.2, -0.15) is 11.8 Å². The Hall–Kier alpha value is 0.0900. The van der Waals surface area contributed by atoms with Crippen LogP contribution in [-0.4, -0.2) is 12.0 Å². The molecule has 0 aromatic heterocycles. The summed E-state index contributed by atoms with van der Waals surface area (Å²) in [7, 11) is 0. The van der Waals surface area contributed by atoms with Crippen LogP contribution < -0.4 is 0 Å². The minimum atomic E-state index is 1.08. The zero-order valence-corrected chi connectivity index (χ0v) is 7.62. The Morgan fingerprint density at radius 3 is 2.70 bits per heavy atom. The predicted molar refractivity (Wildman–Crippen MR) is 51.3 cm³/mol. The van der Waals surface area contributed by atoms with Crippen LogP contribution in [0.2, 0.25) is 0 Å². The second kappa shape index (κ2) is 9.09. The van der Waals surface area contributed by atoms with Gasteiger partial charge in [0.2, 0.25) is 0 Å². The van der Waals surface area contributed by atoms with E-state index in [0.717, 1.165) is 12.2 Å². The molecule has 0 bridgehead atoms. The largest absolute Gasteiger partial charge is 0.161 e. The summed E-state index contributed by atoms with van der Waals surface area (Å²) >= 11 is 1.87. The molecule has 0 aromatic carbocycles. The maximum Gasteiger partial charge on any atom is 0.0110 e. The normalized spacial score (nSPS) is 11.0. The van der Waals surface area contributed by atoms with E-state index in [1.54, 1.807) is 0 Å². The van der Waals surface area contributed by atoms with Crippen molar-refractivity contribution in [3.63, 3.8) is 0 Å². The van der Waals surface area contributed by atoms with Crippen LogP contribution in [0.4, 0.5) is 0 Å². The Bertz CT molecular complexity index is 76.8. The summed E-state index contributed by atoms with van der Waals surface area (Å²) in [5, 5.41) is 0. The zero-order chi connectivity index (χ0) is 7.66. The van der Waals surface area contributed by atoms with Crippen molar-refractivity contribution in [2.75, 3.05) is 12.0 Å². The fourth-order valence-corrected chi connectivity index (χ4v) is 1.05. The summed E-state index contributed by atoms with van der Waals surface area (Å²) in [6.07, 6.45) is 11.5. The Morgan fingerprint density at radius 2 is 2.10 bits per heavy atom. The number of thioether (sulfide) groups is 1. The van der Waals surface area contributed by atoms with Gasteiger partial charge in [0.25, 0.3) is 0 Å². The van der Waals surface area contributed by atoms with E-state index in [9.17, 15) is 0 Å². The molecule has 1 radical (unpaired) electrons. The molecular weight excluding hydrogens is 140 g/mol. The number of hydrogen-bond donors (Lipinski definition) is 0. The molecule has 1 heteroatoms. The SMILES string of the molecule is [CH2]CCCCC=CCSC. The molecule has 0 aliphatic heterocycles.